The molecule has 1 saturated heterocycles. The van der Waals surface area contributed by atoms with Crippen LogP contribution in [-0.2, 0) is 0 Å². The highest BCUT2D eigenvalue weighted by atomic mass is 15.1. The van der Waals surface area contributed by atoms with Crippen LogP contribution < -0.4 is 5.32 Å². The van der Waals surface area contributed by atoms with Gasteiger partial charge in [-0.15, -0.1) is 0 Å². The first-order chi connectivity index (χ1) is 8.53. The van der Waals surface area contributed by atoms with Crippen LogP contribution in [0.3, 0.4) is 0 Å². The molecule has 104 valence electrons. The van der Waals surface area contributed by atoms with Gasteiger partial charge in [0.15, 0.2) is 0 Å². The molecule has 1 unspecified atom stereocenters. The van der Waals surface area contributed by atoms with Crippen LogP contribution in [0.15, 0.2) is 0 Å². The van der Waals surface area contributed by atoms with E-state index in [2.05, 4.69) is 37.1 Å². The third-order valence-electron chi connectivity index (χ3n) is 3.82. The Morgan fingerprint density at radius 2 is 1.94 bits per heavy atom. The minimum atomic E-state index is 0.228. The molecule has 3 nitrogen and oxygen atoms in total. The summed E-state index contributed by atoms with van der Waals surface area (Å²) in [6.07, 6.45) is 5.77. The van der Waals surface area contributed by atoms with Crippen LogP contribution in [0.4, 0.5) is 0 Å². The predicted octanol–water partition coefficient (Wildman–Crippen LogP) is 2.78. The van der Waals surface area contributed by atoms with Gasteiger partial charge in [0.1, 0.15) is 0 Å². The van der Waals surface area contributed by atoms with Gasteiger partial charge in [0, 0.05) is 25.6 Å². The third kappa shape index (κ3) is 6.37. The molecular weight excluding hydrogens is 222 g/mol. The molecule has 1 N–H and O–H groups in total. The zero-order valence-electron chi connectivity index (χ0n) is 12.3. The molecule has 1 fully saturated rings. The number of nitriles is 1. The van der Waals surface area contributed by atoms with E-state index in [0.29, 0.717) is 12.5 Å². The fourth-order valence-corrected chi connectivity index (χ4v) is 2.53. The highest BCUT2D eigenvalue weighted by Crippen LogP contribution is 2.21. The number of rotatable bonds is 7. The molecule has 0 aliphatic carbocycles. The fraction of sp³-hybridized carbons (Fsp3) is 0.933. The maximum Gasteiger partial charge on any atom is 0.0621 e. The summed E-state index contributed by atoms with van der Waals surface area (Å²) in [5.74, 6) is 0. The third-order valence-corrected chi connectivity index (χ3v) is 3.82. The first-order valence-electron chi connectivity index (χ1n) is 7.36. The Hall–Kier alpha value is -0.590. The number of likely N-dealkylation sites (tertiary alicyclic amines) is 1. The maximum absolute atomic E-state index is 8.65. The van der Waals surface area contributed by atoms with Crippen LogP contribution in [0.25, 0.3) is 0 Å². The molecule has 18 heavy (non-hydrogen) atoms. The second-order valence-electron chi connectivity index (χ2n) is 6.47. The maximum atomic E-state index is 8.65. The number of hydrogen-bond donors (Lipinski definition) is 1. The Balaban J connectivity index is 2.19. The van der Waals surface area contributed by atoms with Crippen molar-refractivity contribution in [3.8, 4) is 6.07 Å². The summed E-state index contributed by atoms with van der Waals surface area (Å²) in [5, 5.41) is 12.3. The van der Waals surface area contributed by atoms with E-state index in [0.717, 1.165) is 19.5 Å². The Kier molecular flexibility index (Phi) is 6.67. The van der Waals surface area contributed by atoms with Crippen molar-refractivity contribution in [2.75, 3.05) is 26.2 Å². The van der Waals surface area contributed by atoms with E-state index < -0.39 is 0 Å². The molecule has 0 bridgehead atoms. The van der Waals surface area contributed by atoms with Gasteiger partial charge >= 0.3 is 0 Å². The van der Waals surface area contributed by atoms with Crippen LogP contribution >= 0.6 is 0 Å². The van der Waals surface area contributed by atoms with E-state index in [1.54, 1.807) is 0 Å². The van der Waals surface area contributed by atoms with Crippen molar-refractivity contribution in [2.24, 2.45) is 5.41 Å². The minimum Gasteiger partial charge on any atom is -0.312 e. The summed E-state index contributed by atoms with van der Waals surface area (Å²) in [7, 11) is 0. The van der Waals surface area contributed by atoms with Crippen LogP contribution in [-0.4, -0.2) is 37.1 Å². The van der Waals surface area contributed by atoms with E-state index in [4.69, 9.17) is 5.26 Å². The normalized spacial score (nSPS) is 19.4. The zero-order valence-corrected chi connectivity index (χ0v) is 12.3. The zero-order chi connectivity index (χ0) is 13.4. The van der Waals surface area contributed by atoms with Gasteiger partial charge in [-0.2, -0.15) is 5.26 Å². The Morgan fingerprint density at radius 1 is 1.28 bits per heavy atom. The molecule has 1 atom stereocenters. The van der Waals surface area contributed by atoms with Crippen molar-refractivity contribution in [3.63, 3.8) is 0 Å². The van der Waals surface area contributed by atoms with Crippen molar-refractivity contribution in [3.05, 3.63) is 0 Å². The molecular formula is C15H29N3. The second kappa shape index (κ2) is 7.76. The molecule has 0 aromatic carbocycles. The molecule has 0 saturated carbocycles. The molecule has 0 spiro atoms. The first kappa shape index (κ1) is 15.5. The summed E-state index contributed by atoms with van der Waals surface area (Å²) >= 11 is 0. The van der Waals surface area contributed by atoms with Crippen molar-refractivity contribution in [1.29, 1.82) is 5.26 Å². The van der Waals surface area contributed by atoms with Gasteiger partial charge in [0.25, 0.3) is 0 Å². The van der Waals surface area contributed by atoms with Gasteiger partial charge in [-0.3, -0.25) is 0 Å². The minimum absolute atomic E-state index is 0.228. The topological polar surface area (TPSA) is 39.1 Å². The lowest BCUT2D eigenvalue weighted by Crippen LogP contribution is -2.44. The quantitative estimate of drug-likeness (QED) is 0.756. The number of nitrogens with zero attached hydrogens (tertiary/aromatic N) is 2. The SMILES string of the molecule is CC(CN1CCCCC1)NCC(C)(C)CCC#N. The summed E-state index contributed by atoms with van der Waals surface area (Å²) in [5.41, 5.74) is 0.228. The van der Waals surface area contributed by atoms with E-state index in [-0.39, 0.29) is 5.41 Å². The smallest absolute Gasteiger partial charge is 0.0621 e. The Morgan fingerprint density at radius 3 is 2.56 bits per heavy atom. The van der Waals surface area contributed by atoms with Gasteiger partial charge < -0.3 is 10.2 Å². The standard InChI is InChI=1S/C15H29N3/c1-14(12-18-10-5-4-6-11-18)17-13-15(2,3)8-7-9-16/h14,17H,4-8,10-13H2,1-3H3. The molecule has 0 radical (unpaired) electrons. The van der Waals surface area contributed by atoms with Gasteiger partial charge in [0.2, 0.25) is 0 Å². The van der Waals surface area contributed by atoms with Crippen LogP contribution in [0.1, 0.15) is 52.9 Å². The average Bonchev–Trinajstić information content (AvgIpc) is 2.36. The highest BCUT2D eigenvalue weighted by molar-refractivity contribution is 4.80. The summed E-state index contributed by atoms with van der Waals surface area (Å²) in [4.78, 5) is 2.57. The lowest BCUT2D eigenvalue weighted by atomic mass is 9.88. The highest BCUT2D eigenvalue weighted by Gasteiger charge is 2.19. The van der Waals surface area contributed by atoms with Gasteiger partial charge in [0.05, 0.1) is 6.07 Å². The van der Waals surface area contributed by atoms with Crippen molar-refractivity contribution in [2.45, 2.75) is 58.9 Å². The van der Waals surface area contributed by atoms with E-state index >= 15 is 0 Å². The van der Waals surface area contributed by atoms with Crippen LogP contribution in [0, 0.1) is 16.7 Å². The summed E-state index contributed by atoms with van der Waals surface area (Å²) < 4.78 is 0. The molecule has 0 amide bonds. The molecule has 0 aromatic rings. The monoisotopic (exact) mass is 251 g/mol. The van der Waals surface area contributed by atoms with Crippen LogP contribution in [0.2, 0.25) is 0 Å². The summed E-state index contributed by atoms with van der Waals surface area (Å²) in [6.45, 7) is 11.5. The molecule has 1 rings (SSSR count). The van der Waals surface area contributed by atoms with Gasteiger partial charge in [-0.25, -0.2) is 0 Å². The van der Waals surface area contributed by atoms with E-state index in [1.807, 2.05) is 0 Å². The fourth-order valence-electron chi connectivity index (χ4n) is 2.53. The lowest BCUT2D eigenvalue weighted by Gasteiger charge is -2.31. The Bertz CT molecular complexity index is 261. The van der Waals surface area contributed by atoms with Crippen molar-refractivity contribution < 1.29 is 0 Å². The predicted molar refractivity (Wildman–Crippen MR) is 76.4 cm³/mol. The second-order valence-corrected chi connectivity index (χ2v) is 6.47. The molecule has 3 heteroatoms. The number of nitrogens with one attached hydrogen (secondary N) is 1. The lowest BCUT2D eigenvalue weighted by molar-refractivity contribution is 0.200. The number of piperidine rings is 1. The largest absolute Gasteiger partial charge is 0.312 e. The number of hydrogen-bond acceptors (Lipinski definition) is 3. The average molecular weight is 251 g/mol. The van der Waals surface area contributed by atoms with E-state index in [1.165, 1.54) is 32.4 Å². The molecule has 1 aliphatic rings. The van der Waals surface area contributed by atoms with Gasteiger partial charge in [-0.05, 0) is 44.7 Å². The molecule has 1 aliphatic heterocycles. The molecule has 1 heterocycles. The van der Waals surface area contributed by atoms with Crippen LogP contribution in [0.5, 0.6) is 0 Å². The van der Waals surface area contributed by atoms with Gasteiger partial charge in [-0.1, -0.05) is 20.3 Å². The molecule has 0 aromatic heterocycles. The van der Waals surface area contributed by atoms with Crippen molar-refractivity contribution >= 4 is 0 Å². The Labute approximate surface area is 113 Å². The van der Waals surface area contributed by atoms with Crippen molar-refractivity contribution in [1.82, 2.24) is 10.2 Å². The van der Waals surface area contributed by atoms with E-state index in [9.17, 15) is 0 Å². The first-order valence-corrected chi connectivity index (χ1v) is 7.36. The summed E-state index contributed by atoms with van der Waals surface area (Å²) in [6, 6.07) is 2.79.